The van der Waals surface area contributed by atoms with Crippen molar-refractivity contribution in [3.63, 3.8) is 0 Å². The number of rotatable bonds is 7. The van der Waals surface area contributed by atoms with Crippen LogP contribution in [-0.4, -0.2) is 9.97 Å². The summed E-state index contributed by atoms with van der Waals surface area (Å²) in [6.07, 6.45) is 4.14. The molecule has 0 N–H and O–H groups in total. The van der Waals surface area contributed by atoms with E-state index in [2.05, 4.69) is 122 Å². The minimum atomic E-state index is 0.576. The normalized spacial score (nSPS) is 11.7. The number of para-hydroxylation sites is 2. The van der Waals surface area contributed by atoms with Gasteiger partial charge in [-0.25, -0.2) is 9.97 Å². The molecule has 0 radical (unpaired) electrons. The minimum Gasteiger partial charge on any atom is -0.456 e. The average Bonchev–Trinajstić information content (AvgIpc) is 3.81. The predicted octanol–water partition coefficient (Wildman–Crippen LogP) is 14.0. The van der Waals surface area contributed by atoms with E-state index < -0.39 is 0 Å². The van der Waals surface area contributed by atoms with Gasteiger partial charge in [0, 0.05) is 38.2 Å². The van der Waals surface area contributed by atoms with E-state index in [0.29, 0.717) is 5.82 Å². The third kappa shape index (κ3) is 5.72. The molecule has 260 valence electrons. The second-order valence-corrected chi connectivity index (χ2v) is 13.8. The van der Waals surface area contributed by atoms with E-state index >= 15 is 0 Å². The maximum atomic E-state index is 6.23. The highest BCUT2D eigenvalue weighted by Crippen LogP contribution is 2.41. The third-order valence-electron chi connectivity index (χ3n) is 10.4. The van der Waals surface area contributed by atoms with Crippen molar-refractivity contribution in [3.8, 4) is 44.8 Å². The van der Waals surface area contributed by atoms with E-state index in [1.54, 1.807) is 0 Å². The molecule has 4 heteroatoms. The zero-order valence-electron chi connectivity index (χ0n) is 30.2. The molecule has 0 spiro atoms. The van der Waals surface area contributed by atoms with Gasteiger partial charge in [0.1, 0.15) is 22.3 Å². The summed E-state index contributed by atoms with van der Waals surface area (Å²) in [5.41, 5.74) is 14.2. The van der Waals surface area contributed by atoms with Crippen LogP contribution in [0.25, 0.3) is 100 Å². The van der Waals surface area contributed by atoms with Crippen LogP contribution in [-0.2, 0) is 0 Å². The molecule has 0 aliphatic heterocycles. The van der Waals surface area contributed by atoms with Gasteiger partial charge < -0.3 is 8.83 Å². The van der Waals surface area contributed by atoms with Crippen molar-refractivity contribution >= 4 is 55.5 Å². The minimum absolute atomic E-state index is 0.576. The van der Waals surface area contributed by atoms with Crippen LogP contribution < -0.4 is 0 Å². The molecule has 3 aromatic heterocycles. The number of hydrogen-bond acceptors (Lipinski definition) is 4. The van der Waals surface area contributed by atoms with Crippen LogP contribution in [0.15, 0.2) is 185 Å². The molecule has 55 heavy (non-hydrogen) atoms. The molecule has 0 aliphatic carbocycles. The molecule has 10 aromatic rings. The van der Waals surface area contributed by atoms with Crippen molar-refractivity contribution in [2.24, 2.45) is 0 Å². The van der Waals surface area contributed by atoms with Gasteiger partial charge in [-0.05, 0) is 88.8 Å². The van der Waals surface area contributed by atoms with Crippen LogP contribution in [0.2, 0.25) is 0 Å². The van der Waals surface area contributed by atoms with Gasteiger partial charge in [-0.2, -0.15) is 0 Å². The van der Waals surface area contributed by atoms with Crippen LogP contribution in [0.3, 0.4) is 0 Å². The first kappa shape index (κ1) is 32.4. The summed E-state index contributed by atoms with van der Waals surface area (Å²) in [6, 6.07) is 56.6. The average molecular weight is 707 g/mol. The first-order valence-electron chi connectivity index (χ1n) is 18.4. The summed E-state index contributed by atoms with van der Waals surface area (Å²) in [6.45, 7) is 6.60. The Morgan fingerprint density at radius 2 is 1.04 bits per heavy atom. The fourth-order valence-electron chi connectivity index (χ4n) is 7.68. The first-order chi connectivity index (χ1) is 27.1. The van der Waals surface area contributed by atoms with Gasteiger partial charge in [-0.1, -0.05) is 134 Å². The van der Waals surface area contributed by atoms with Crippen LogP contribution in [0.1, 0.15) is 23.9 Å². The van der Waals surface area contributed by atoms with E-state index in [4.69, 9.17) is 18.8 Å². The summed E-state index contributed by atoms with van der Waals surface area (Å²) >= 11 is 0. The highest BCUT2D eigenvalue weighted by atomic mass is 16.3. The van der Waals surface area contributed by atoms with E-state index in [1.165, 1.54) is 0 Å². The number of furan rings is 2. The summed E-state index contributed by atoms with van der Waals surface area (Å²) in [7, 11) is 0. The molecule has 0 saturated carbocycles. The number of aromatic nitrogens is 2. The fourth-order valence-corrected chi connectivity index (χ4v) is 7.68. The number of allylic oxidation sites excluding steroid dienone is 1. The van der Waals surface area contributed by atoms with Gasteiger partial charge in [-0.15, -0.1) is 0 Å². The van der Waals surface area contributed by atoms with E-state index in [1.807, 2.05) is 67.6 Å². The summed E-state index contributed by atoms with van der Waals surface area (Å²) < 4.78 is 12.4. The molecular formula is C51H34N2O2. The molecule has 0 fully saturated rings. The van der Waals surface area contributed by atoms with Gasteiger partial charge in [0.25, 0.3) is 0 Å². The molecule has 0 bridgehead atoms. The SMILES string of the molecule is C=C(c1nc(-c2ccccc2)cc(-c2cc(-c3ccc4oc5ccccc5c4c3)ccc2-c2ccc3oc4ccccc4c3c2)n1)c1ccccc1/C=C\C. The predicted molar refractivity (Wildman–Crippen MR) is 228 cm³/mol. The Hall–Kier alpha value is -7.30. The number of fused-ring (bicyclic) bond motifs is 6. The van der Waals surface area contributed by atoms with Crippen molar-refractivity contribution < 1.29 is 8.83 Å². The summed E-state index contributed by atoms with van der Waals surface area (Å²) in [5.74, 6) is 0.576. The van der Waals surface area contributed by atoms with E-state index in [-0.39, 0.29) is 0 Å². The van der Waals surface area contributed by atoms with Crippen LogP contribution in [0, 0.1) is 0 Å². The molecule has 7 aromatic carbocycles. The lowest BCUT2D eigenvalue weighted by atomic mass is 9.91. The van der Waals surface area contributed by atoms with Crippen molar-refractivity contribution in [2.45, 2.75) is 6.92 Å². The molecule has 10 rings (SSSR count). The monoisotopic (exact) mass is 706 g/mol. The molecule has 3 heterocycles. The number of nitrogens with zero attached hydrogens (tertiary/aromatic N) is 2. The Kier molecular flexibility index (Phi) is 7.81. The second kappa shape index (κ2) is 13.3. The van der Waals surface area contributed by atoms with E-state index in [9.17, 15) is 0 Å². The molecule has 4 nitrogen and oxygen atoms in total. The largest absolute Gasteiger partial charge is 0.456 e. The Bertz CT molecular complexity index is 3130. The standard InChI is InChI=1S/C51H34N2O2/c1-3-13-33-14-7-8-17-38(33)32(2)51-52-45(34-15-5-4-6-16-34)31-46(53-51)42-28-35(36-23-26-49-43(29-36)40-18-9-11-20-47(40)54-49)22-25-39(42)37-24-27-50-44(30-37)41-19-10-12-21-48(41)55-50/h3-31H,2H2,1H3/b13-3-. The maximum absolute atomic E-state index is 6.23. The zero-order chi connectivity index (χ0) is 36.9. The van der Waals surface area contributed by atoms with E-state index in [0.717, 1.165) is 105 Å². The van der Waals surface area contributed by atoms with Gasteiger partial charge in [-0.3, -0.25) is 0 Å². The van der Waals surface area contributed by atoms with Crippen molar-refractivity contribution in [3.05, 3.63) is 193 Å². The van der Waals surface area contributed by atoms with Gasteiger partial charge in [0.2, 0.25) is 0 Å². The van der Waals surface area contributed by atoms with Gasteiger partial charge in [0.05, 0.1) is 11.4 Å². The molecule has 0 aliphatic rings. The summed E-state index contributed by atoms with van der Waals surface area (Å²) in [5, 5.41) is 4.34. The highest BCUT2D eigenvalue weighted by molar-refractivity contribution is 6.08. The Morgan fingerprint density at radius 1 is 0.473 bits per heavy atom. The molecule has 0 atom stereocenters. The van der Waals surface area contributed by atoms with Crippen LogP contribution in [0.5, 0.6) is 0 Å². The molecule has 0 saturated heterocycles. The van der Waals surface area contributed by atoms with Gasteiger partial charge in [0.15, 0.2) is 5.82 Å². The lowest BCUT2D eigenvalue weighted by Crippen LogP contribution is -2.01. The lowest BCUT2D eigenvalue weighted by molar-refractivity contribution is 0.668. The topological polar surface area (TPSA) is 52.1 Å². The maximum Gasteiger partial charge on any atom is 0.160 e. The number of benzene rings is 7. The Balaban J connectivity index is 1.22. The van der Waals surface area contributed by atoms with Crippen molar-refractivity contribution in [1.29, 1.82) is 0 Å². The molecular weight excluding hydrogens is 673 g/mol. The summed E-state index contributed by atoms with van der Waals surface area (Å²) in [4.78, 5) is 10.5. The van der Waals surface area contributed by atoms with Crippen molar-refractivity contribution in [1.82, 2.24) is 9.97 Å². The lowest BCUT2D eigenvalue weighted by Gasteiger charge is -2.16. The third-order valence-corrected chi connectivity index (χ3v) is 10.4. The highest BCUT2D eigenvalue weighted by Gasteiger charge is 2.19. The number of hydrogen-bond donors (Lipinski definition) is 0. The van der Waals surface area contributed by atoms with Crippen LogP contribution in [0.4, 0.5) is 0 Å². The first-order valence-corrected chi connectivity index (χ1v) is 18.4. The zero-order valence-corrected chi connectivity index (χ0v) is 30.2. The quantitative estimate of drug-likeness (QED) is 0.166. The molecule has 0 unspecified atom stereocenters. The fraction of sp³-hybridized carbons (Fsp3) is 0.0196. The second-order valence-electron chi connectivity index (χ2n) is 13.8. The van der Waals surface area contributed by atoms with Crippen molar-refractivity contribution in [2.75, 3.05) is 0 Å². The Morgan fingerprint density at radius 3 is 1.76 bits per heavy atom. The van der Waals surface area contributed by atoms with Crippen LogP contribution >= 0.6 is 0 Å². The van der Waals surface area contributed by atoms with Gasteiger partial charge >= 0.3 is 0 Å². The smallest absolute Gasteiger partial charge is 0.160 e. The Labute approximate surface area is 318 Å². The molecule has 0 amide bonds.